The lowest BCUT2D eigenvalue weighted by molar-refractivity contribution is 0.601. The maximum absolute atomic E-state index is 12.2. The Morgan fingerprint density at radius 3 is 2.40 bits per heavy atom. The Hall–Kier alpha value is -1.59. The maximum Gasteiger partial charge on any atom is 0.263 e. The van der Waals surface area contributed by atoms with Gasteiger partial charge in [0.25, 0.3) is 10.0 Å². The van der Waals surface area contributed by atoms with Crippen LogP contribution < -0.4 is 4.72 Å². The second kappa shape index (κ2) is 6.24. The van der Waals surface area contributed by atoms with Gasteiger partial charge in [-0.1, -0.05) is 18.2 Å². The predicted molar refractivity (Wildman–Crippen MR) is 80.6 cm³/mol. The molecule has 1 aromatic carbocycles. The Labute approximate surface area is 123 Å². The smallest absolute Gasteiger partial charge is 0.263 e. The number of nitrogens with zero attached hydrogens (tertiary/aromatic N) is 1. The van der Waals surface area contributed by atoms with Gasteiger partial charge in [-0.2, -0.15) is 0 Å². The van der Waals surface area contributed by atoms with Gasteiger partial charge in [0.05, 0.1) is 4.90 Å². The summed E-state index contributed by atoms with van der Waals surface area (Å²) in [6.45, 7) is 1.89. The third kappa shape index (κ3) is 3.71. The summed E-state index contributed by atoms with van der Waals surface area (Å²) in [5.41, 5.74) is 1.98. The van der Waals surface area contributed by atoms with Gasteiger partial charge in [0.1, 0.15) is 5.82 Å². The second-order valence-corrected chi connectivity index (χ2v) is 6.47. The molecule has 0 atom stereocenters. The first-order valence-corrected chi connectivity index (χ1v) is 8.13. The van der Waals surface area contributed by atoms with E-state index in [1.807, 2.05) is 6.92 Å². The van der Waals surface area contributed by atoms with Crippen LogP contribution in [-0.4, -0.2) is 19.3 Å². The number of alkyl halides is 1. The van der Waals surface area contributed by atoms with Crippen LogP contribution >= 0.6 is 11.6 Å². The van der Waals surface area contributed by atoms with Crippen molar-refractivity contribution in [3.63, 3.8) is 0 Å². The highest BCUT2D eigenvalue weighted by Gasteiger charge is 2.14. The van der Waals surface area contributed by atoms with Crippen molar-refractivity contribution in [1.82, 2.24) is 4.98 Å². The summed E-state index contributed by atoms with van der Waals surface area (Å²) in [6, 6.07) is 10.1. The molecule has 0 bridgehead atoms. The van der Waals surface area contributed by atoms with Crippen LogP contribution in [0.15, 0.2) is 47.5 Å². The molecule has 0 amide bonds. The number of sulfonamides is 1. The van der Waals surface area contributed by atoms with Gasteiger partial charge in [0.15, 0.2) is 0 Å². The highest BCUT2D eigenvalue weighted by molar-refractivity contribution is 7.92. The summed E-state index contributed by atoms with van der Waals surface area (Å²) in [5, 5.41) is 0. The fourth-order valence-corrected chi connectivity index (χ4v) is 2.90. The third-order valence-corrected chi connectivity index (χ3v) is 4.33. The molecule has 1 aromatic heterocycles. The van der Waals surface area contributed by atoms with Gasteiger partial charge in [0.2, 0.25) is 0 Å². The van der Waals surface area contributed by atoms with Crippen LogP contribution in [0.3, 0.4) is 0 Å². The number of pyridine rings is 1. The van der Waals surface area contributed by atoms with Gasteiger partial charge >= 0.3 is 0 Å². The average Bonchev–Trinajstić information content (AvgIpc) is 2.42. The van der Waals surface area contributed by atoms with Gasteiger partial charge < -0.3 is 0 Å². The van der Waals surface area contributed by atoms with E-state index in [0.717, 1.165) is 17.5 Å². The number of hydrogen-bond donors (Lipinski definition) is 1. The quantitative estimate of drug-likeness (QED) is 0.864. The second-order valence-electron chi connectivity index (χ2n) is 4.41. The van der Waals surface area contributed by atoms with Crippen LogP contribution in [-0.2, 0) is 16.4 Å². The Kier molecular flexibility index (Phi) is 4.62. The predicted octanol–water partition coefficient (Wildman–Crippen LogP) is 2.97. The van der Waals surface area contributed by atoms with Crippen molar-refractivity contribution in [3.8, 4) is 0 Å². The number of hydrogen-bond acceptors (Lipinski definition) is 3. The average molecular weight is 311 g/mol. The van der Waals surface area contributed by atoms with E-state index in [0.29, 0.717) is 11.7 Å². The molecule has 1 heterocycles. The lowest BCUT2D eigenvalue weighted by Gasteiger charge is -2.08. The first-order valence-electron chi connectivity index (χ1n) is 6.11. The Bertz CT molecular complexity index is 667. The molecule has 20 heavy (non-hydrogen) atoms. The monoisotopic (exact) mass is 310 g/mol. The molecule has 0 spiro atoms. The molecule has 0 aliphatic rings. The van der Waals surface area contributed by atoms with E-state index in [-0.39, 0.29) is 4.90 Å². The summed E-state index contributed by atoms with van der Waals surface area (Å²) in [4.78, 5) is 4.23. The first-order chi connectivity index (χ1) is 9.51. The maximum atomic E-state index is 12.2. The molecule has 0 saturated carbocycles. The van der Waals surface area contributed by atoms with Gasteiger partial charge in [-0.3, -0.25) is 4.72 Å². The normalized spacial score (nSPS) is 11.3. The van der Waals surface area contributed by atoms with Crippen LogP contribution in [0.4, 0.5) is 5.82 Å². The van der Waals surface area contributed by atoms with E-state index in [9.17, 15) is 8.42 Å². The molecule has 2 aromatic rings. The number of anilines is 1. The highest BCUT2D eigenvalue weighted by atomic mass is 35.5. The topological polar surface area (TPSA) is 59.1 Å². The number of halogens is 1. The molecule has 106 valence electrons. The number of nitrogens with one attached hydrogen (secondary N) is 1. The van der Waals surface area contributed by atoms with E-state index in [4.69, 9.17) is 11.6 Å². The molecule has 1 N–H and O–H groups in total. The number of aromatic nitrogens is 1. The Morgan fingerprint density at radius 1 is 1.15 bits per heavy atom. The minimum absolute atomic E-state index is 0.207. The van der Waals surface area contributed by atoms with Crippen LogP contribution in [0.2, 0.25) is 0 Å². The van der Waals surface area contributed by atoms with Crippen LogP contribution in [0, 0.1) is 6.92 Å². The van der Waals surface area contributed by atoms with Gasteiger partial charge in [-0.05, 0) is 42.7 Å². The third-order valence-electron chi connectivity index (χ3n) is 2.77. The molecule has 0 unspecified atom stereocenters. The van der Waals surface area contributed by atoms with Gasteiger partial charge in [-0.15, -0.1) is 11.6 Å². The minimum atomic E-state index is -3.60. The van der Waals surface area contributed by atoms with Crippen molar-refractivity contribution in [2.24, 2.45) is 0 Å². The summed E-state index contributed by atoms with van der Waals surface area (Å²) in [5.74, 6) is 0.817. The molecule has 0 radical (unpaired) electrons. The largest absolute Gasteiger partial charge is 0.263 e. The minimum Gasteiger partial charge on any atom is -0.263 e. The van der Waals surface area contributed by atoms with E-state index in [1.54, 1.807) is 42.6 Å². The number of benzene rings is 1. The summed E-state index contributed by atoms with van der Waals surface area (Å²) >= 11 is 5.65. The van der Waals surface area contributed by atoms with Crippen LogP contribution in [0.1, 0.15) is 11.1 Å². The van der Waals surface area contributed by atoms with E-state index in [1.165, 1.54) is 0 Å². The van der Waals surface area contributed by atoms with Crippen molar-refractivity contribution in [2.75, 3.05) is 10.6 Å². The summed E-state index contributed by atoms with van der Waals surface area (Å²) in [6.07, 6.45) is 2.33. The zero-order valence-corrected chi connectivity index (χ0v) is 12.6. The molecule has 0 saturated heterocycles. The van der Waals surface area contributed by atoms with Crippen molar-refractivity contribution in [2.45, 2.75) is 18.2 Å². The summed E-state index contributed by atoms with van der Waals surface area (Å²) < 4.78 is 26.8. The van der Waals surface area contributed by atoms with Crippen molar-refractivity contribution in [3.05, 3.63) is 53.7 Å². The number of aryl methyl sites for hydroxylation is 2. The number of rotatable bonds is 5. The highest BCUT2D eigenvalue weighted by Crippen LogP contribution is 2.15. The lowest BCUT2D eigenvalue weighted by Crippen LogP contribution is -2.13. The molecule has 0 aliphatic carbocycles. The molecular formula is C14H15ClN2O2S. The molecule has 2 rings (SSSR count). The summed E-state index contributed by atoms with van der Waals surface area (Å²) in [7, 11) is -3.60. The molecule has 6 heteroatoms. The van der Waals surface area contributed by atoms with Crippen molar-refractivity contribution in [1.29, 1.82) is 0 Å². The molecule has 4 nitrogen and oxygen atoms in total. The fourth-order valence-electron chi connectivity index (χ4n) is 1.67. The molecule has 0 aliphatic heterocycles. The van der Waals surface area contributed by atoms with Crippen molar-refractivity contribution >= 4 is 27.4 Å². The Morgan fingerprint density at radius 2 is 1.85 bits per heavy atom. The Balaban J connectivity index is 2.19. The fraction of sp³-hybridized carbons (Fsp3) is 0.214. The molecule has 0 fully saturated rings. The van der Waals surface area contributed by atoms with Gasteiger partial charge in [-0.25, -0.2) is 13.4 Å². The van der Waals surface area contributed by atoms with E-state index >= 15 is 0 Å². The zero-order valence-electron chi connectivity index (χ0n) is 11.0. The van der Waals surface area contributed by atoms with E-state index in [2.05, 4.69) is 9.71 Å². The SMILES string of the molecule is Cc1ccc(NS(=O)(=O)c2ccc(CCCl)cc2)nc1. The first kappa shape index (κ1) is 14.8. The standard InChI is InChI=1S/C14H15ClN2O2S/c1-11-2-7-14(16-10-11)17-20(18,19)13-5-3-12(4-6-13)8-9-15/h2-7,10H,8-9H2,1H3,(H,16,17). The van der Waals surface area contributed by atoms with Gasteiger partial charge in [0, 0.05) is 12.1 Å². The molecular weight excluding hydrogens is 296 g/mol. The van der Waals surface area contributed by atoms with Crippen molar-refractivity contribution < 1.29 is 8.42 Å². The zero-order chi connectivity index (χ0) is 14.6. The van der Waals surface area contributed by atoms with Crippen LogP contribution in [0.25, 0.3) is 0 Å². The van der Waals surface area contributed by atoms with E-state index < -0.39 is 10.0 Å². The van der Waals surface area contributed by atoms with Crippen LogP contribution in [0.5, 0.6) is 0 Å². The lowest BCUT2D eigenvalue weighted by atomic mass is 10.2.